The molecular formula is C14H26NO2PS2. The fourth-order valence-corrected chi connectivity index (χ4v) is 6.90. The number of hydrogen-bond acceptors (Lipinski definition) is 5. The van der Waals surface area contributed by atoms with Gasteiger partial charge in [-0.25, -0.2) is 0 Å². The predicted molar refractivity (Wildman–Crippen MR) is 93.3 cm³/mol. The van der Waals surface area contributed by atoms with Crippen LogP contribution in [0.25, 0.3) is 0 Å². The lowest BCUT2D eigenvalue weighted by Crippen LogP contribution is -2.40. The highest BCUT2D eigenvalue weighted by Crippen LogP contribution is 2.45. The number of hydrogen-bond donors (Lipinski definition) is 0. The van der Waals surface area contributed by atoms with Crippen LogP contribution in [-0.4, -0.2) is 53.7 Å². The lowest BCUT2D eigenvalue weighted by Gasteiger charge is -2.39. The molecule has 1 fully saturated rings. The van der Waals surface area contributed by atoms with Crippen molar-refractivity contribution in [3.63, 3.8) is 0 Å². The molecule has 3 atom stereocenters. The second-order valence-corrected chi connectivity index (χ2v) is 9.45. The van der Waals surface area contributed by atoms with E-state index in [2.05, 4.69) is 45.0 Å². The van der Waals surface area contributed by atoms with E-state index in [0.717, 1.165) is 11.5 Å². The molecular weight excluding hydrogens is 309 g/mol. The molecule has 0 radical (unpaired) electrons. The first-order valence-electron chi connectivity index (χ1n) is 6.95. The molecule has 0 aromatic rings. The minimum Gasteiger partial charge on any atom is -0.362 e. The first-order chi connectivity index (χ1) is 9.47. The Morgan fingerprint density at radius 3 is 2.25 bits per heavy atom. The Morgan fingerprint density at radius 2 is 1.75 bits per heavy atom. The minimum absolute atomic E-state index is 0.114. The maximum absolute atomic E-state index is 6.35. The first kappa shape index (κ1) is 18.6. The predicted octanol–water partition coefficient (Wildman–Crippen LogP) is 3.85. The Labute approximate surface area is 133 Å². The van der Waals surface area contributed by atoms with Crippen molar-refractivity contribution in [3.8, 4) is 12.3 Å². The number of rotatable bonds is 7. The van der Waals surface area contributed by atoms with Crippen molar-refractivity contribution >= 4 is 29.9 Å². The highest BCUT2D eigenvalue weighted by Gasteiger charge is 2.32. The van der Waals surface area contributed by atoms with Gasteiger partial charge in [0.25, 0.3) is 0 Å². The minimum atomic E-state index is -0.608. The van der Waals surface area contributed by atoms with E-state index < -0.39 is 8.30 Å². The molecule has 0 aliphatic carbocycles. The van der Waals surface area contributed by atoms with Crippen LogP contribution >= 0.6 is 29.9 Å². The smallest absolute Gasteiger partial charge is 0.108 e. The highest BCUT2D eigenvalue weighted by molar-refractivity contribution is 8.76. The first-order valence-corrected chi connectivity index (χ1v) is 11.1. The molecule has 3 unspecified atom stereocenters. The summed E-state index contributed by atoms with van der Waals surface area (Å²) in [6.07, 6.45) is 5.55. The molecule has 0 amide bonds. The van der Waals surface area contributed by atoms with E-state index in [0.29, 0.717) is 18.7 Å². The standard InChI is InChI=1S/C14H26NO2PS2/c1-7-8-16-13-9-19-20-10-14(13)17-18(6)15(11(2)3)12(4)5/h1,11-14H,8-10H2,2-6H3. The zero-order chi connectivity index (χ0) is 15.1. The van der Waals surface area contributed by atoms with Crippen molar-refractivity contribution in [1.29, 1.82) is 0 Å². The largest absolute Gasteiger partial charge is 0.362 e. The second-order valence-electron chi connectivity index (χ2n) is 5.30. The molecule has 1 aliphatic heterocycles. The van der Waals surface area contributed by atoms with Gasteiger partial charge < -0.3 is 9.26 Å². The van der Waals surface area contributed by atoms with Gasteiger partial charge in [-0.3, -0.25) is 4.67 Å². The van der Waals surface area contributed by atoms with E-state index in [1.807, 2.05) is 21.6 Å². The van der Waals surface area contributed by atoms with Gasteiger partial charge in [-0.1, -0.05) is 27.5 Å². The third-order valence-corrected chi connectivity index (χ3v) is 7.58. The quantitative estimate of drug-likeness (QED) is 0.399. The van der Waals surface area contributed by atoms with Crippen molar-refractivity contribution in [2.75, 3.05) is 24.8 Å². The van der Waals surface area contributed by atoms with Crippen LogP contribution in [0.2, 0.25) is 0 Å². The van der Waals surface area contributed by atoms with Gasteiger partial charge >= 0.3 is 0 Å². The molecule has 0 spiro atoms. The Kier molecular flexibility index (Phi) is 8.90. The van der Waals surface area contributed by atoms with E-state index in [4.69, 9.17) is 15.7 Å². The lowest BCUT2D eigenvalue weighted by atomic mass is 10.2. The summed E-state index contributed by atoms with van der Waals surface area (Å²) in [7, 11) is 3.10. The van der Waals surface area contributed by atoms with E-state index in [9.17, 15) is 0 Å². The fraction of sp³-hybridized carbons (Fsp3) is 0.857. The van der Waals surface area contributed by atoms with Gasteiger partial charge in [0.05, 0.1) is 6.10 Å². The van der Waals surface area contributed by atoms with Crippen LogP contribution in [0.5, 0.6) is 0 Å². The van der Waals surface area contributed by atoms with Crippen molar-refractivity contribution in [2.45, 2.75) is 52.0 Å². The third kappa shape index (κ3) is 5.75. The van der Waals surface area contributed by atoms with Crippen LogP contribution in [0, 0.1) is 12.3 Å². The highest BCUT2D eigenvalue weighted by atomic mass is 33.1. The molecule has 0 aromatic carbocycles. The summed E-state index contributed by atoms with van der Waals surface area (Å²) in [4.78, 5) is 0. The van der Waals surface area contributed by atoms with Gasteiger partial charge in [0.1, 0.15) is 21.0 Å². The van der Waals surface area contributed by atoms with Gasteiger partial charge in [0.15, 0.2) is 0 Å². The molecule has 1 saturated heterocycles. The van der Waals surface area contributed by atoms with E-state index in [1.165, 1.54) is 0 Å². The number of terminal acetylenes is 1. The van der Waals surface area contributed by atoms with Crippen LogP contribution in [0.3, 0.4) is 0 Å². The summed E-state index contributed by atoms with van der Waals surface area (Å²) in [5.41, 5.74) is 0. The lowest BCUT2D eigenvalue weighted by molar-refractivity contribution is 0.0138. The van der Waals surface area contributed by atoms with E-state index >= 15 is 0 Å². The second kappa shape index (κ2) is 9.56. The average Bonchev–Trinajstić information content (AvgIpc) is 2.36. The van der Waals surface area contributed by atoms with Gasteiger partial charge in [-0.2, -0.15) is 0 Å². The number of ether oxygens (including phenoxy) is 1. The normalized spacial score (nSPS) is 25.1. The molecule has 20 heavy (non-hydrogen) atoms. The summed E-state index contributed by atoms with van der Waals surface area (Å²) in [5, 5.41) is 0. The van der Waals surface area contributed by atoms with Crippen molar-refractivity contribution in [3.05, 3.63) is 0 Å². The molecule has 1 heterocycles. The molecule has 0 saturated carbocycles. The molecule has 0 aromatic heterocycles. The molecule has 0 bridgehead atoms. The molecule has 6 heteroatoms. The summed E-state index contributed by atoms with van der Waals surface area (Å²) >= 11 is 0. The Bertz CT molecular complexity index is 315. The summed E-state index contributed by atoms with van der Waals surface area (Å²) < 4.78 is 14.5. The van der Waals surface area contributed by atoms with Crippen molar-refractivity contribution in [2.24, 2.45) is 0 Å². The summed E-state index contributed by atoms with van der Waals surface area (Å²) in [5.74, 6) is 4.47. The SMILES string of the molecule is C#CCOC1CSSCC1OP(C)N(C(C)C)C(C)C. The topological polar surface area (TPSA) is 21.7 Å². The Balaban J connectivity index is 2.60. The zero-order valence-corrected chi connectivity index (χ0v) is 15.6. The van der Waals surface area contributed by atoms with Crippen LogP contribution in [0.15, 0.2) is 0 Å². The van der Waals surface area contributed by atoms with Crippen molar-refractivity contribution in [1.82, 2.24) is 4.67 Å². The van der Waals surface area contributed by atoms with Gasteiger partial charge in [0.2, 0.25) is 0 Å². The zero-order valence-electron chi connectivity index (χ0n) is 13.0. The number of nitrogens with zero attached hydrogens (tertiary/aromatic N) is 1. The monoisotopic (exact) mass is 335 g/mol. The Morgan fingerprint density at radius 1 is 1.20 bits per heavy atom. The summed E-state index contributed by atoms with van der Waals surface area (Å²) in [6, 6.07) is 0.976. The maximum Gasteiger partial charge on any atom is 0.108 e. The van der Waals surface area contributed by atoms with Crippen molar-refractivity contribution < 1.29 is 9.26 Å². The average molecular weight is 335 g/mol. The molecule has 1 rings (SSSR count). The molecule has 3 nitrogen and oxygen atoms in total. The molecule has 116 valence electrons. The van der Waals surface area contributed by atoms with Gasteiger partial charge in [-0.15, -0.1) is 6.42 Å². The van der Waals surface area contributed by atoms with Gasteiger partial charge in [0, 0.05) is 23.6 Å². The van der Waals surface area contributed by atoms with Gasteiger partial charge in [-0.05, 0) is 34.4 Å². The molecule has 0 N–H and O–H groups in total. The maximum atomic E-state index is 6.35. The van der Waals surface area contributed by atoms with Crippen LogP contribution in [0.4, 0.5) is 0 Å². The Hall–Kier alpha value is 0.570. The van der Waals surface area contributed by atoms with Crippen LogP contribution in [0.1, 0.15) is 27.7 Å². The third-order valence-electron chi connectivity index (χ3n) is 3.01. The summed E-state index contributed by atoms with van der Waals surface area (Å²) in [6.45, 7) is 11.5. The van der Waals surface area contributed by atoms with E-state index in [1.54, 1.807) is 0 Å². The van der Waals surface area contributed by atoms with Crippen LogP contribution in [-0.2, 0) is 9.26 Å². The van der Waals surface area contributed by atoms with Crippen LogP contribution < -0.4 is 0 Å². The molecule has 1 aliphatic rings. The fourth-order valence-electron chi connectivity index (χ4n) is 2.35. The van der Waals surface area contributed by atoms with E-state index in [-0.39, 0.29) is 12.2 Å².